The summed E-state index contributed by atoms with van der Waals surface area (Å²) >= 11 is 6.02. The first-order valence-electron chi connectivity index (χ1n) is 4.24. The lowest BCUT2D eigenvalue weighted by Gasteiger charge is -2.19. The fraction of sp³-hybridized carbons (Fsp3) is 0.875. The van der Waals surface area contributed by atoms with Crippen molar-refractivity contribution in [1.29, 1.82) is 0 Å². The summed E-state index contributed by atoms with van der Waals surface area (Å²) in [7, 11) is 0. The Balaban J connectivity index is 1.94. The third-order valence-corrected chi connectivity index (χ3v) is 5.77. The van der Waals surface area contributed by atoms with Crippen molar-refractivity contribution in [3.05, 3.63) is 0 Å². The average Bonchev–Trinajstić information content (AvgIpc) is 2.19. The van der Waals surface area contributed by atoms with Gasteiger partial charge in [-0.1, -0.05) is 0 Å². The number of hydrogen-bond acceptors (Lipinski definition) is 5. The largest absolute Gasteiger partial charge is 0.234 e. The molecule has 13 heavy (non-hydrogen) atoms. The van der Waals surface area contributed by atoms with Crippen molar-refractivity contribution in [2.45, 2.75) is 5.25 Å². The monoisotopic (exact) mass is 235 g/mol. The van der Waals surface area contributed by atoms with Crippen molar-refractivity contribution >= 4 is 41.4 Å². The lowest BCUT2D eigenvalue weighted by molar-refractivity contribution is 0.563. The molecule has 0 bridgehead atoms. The Morgan fingerprint density at radius 2 is 2.46 bits per heavy atom. The molecule has 5 heteroatoms. The second-order valence-corrected chi connectivity index (χ2v) is 6.32. The maximum Gasteiger partial charge on any atom is 0.234 e. The first-order valence-corrected chi connectivity index (χ1v) is 7.60. The van der Waals surface area contributed by atoms with E-state index in [1.54, 1.807) is 6.08 Å². The molecule has 74 valence electrons. The predicted octanol–water partition coefficient (Wildman–Crippen LogP) is 1.90. The van der Waals surface area contributed by atoms with E-state index < -0.39 is 0 Å². The second-order valence-electron chi connectivity index (χ2n) is 2.62. The summed E-state index contributed by atoms with van der Waals surface area (Å²) in [6.45, 7) is 0.624. The summed E-state index contributed by atoms with van der Waals surface area (Å²) in [5, 5.41) is 0.809. The van der Waals surface area contributed by atoms with Crippen molar-refractivity contribution in [3.8, 4) is 0 Å². The van der Waals surface area contributed by atoms with Crippen LogP contribution in [0.3, 0.4) is 0 Å². The molecule has 0 N–H and O–H groups in total. The minimum Gasteiger partial charge on any atom is -0.211 e. The van der Waals surface area contributed by atoms with Crippen LogP contribution < -0.4 is 0 Å². The van der Waals surface area contributed by atoms with E-state index in [2.05, 4.69) is 28.5 Å². The van der Waals surface area contributed by atoms with Crippen LogP contribution in [0.1, 0.15) is 0 Å². The zero-order valence-corrected chi connectivity index (χ0v) is 9.85. The van der Waals surface area contributed by atoms with Gasteiger partial charge in [-0.2, -0.15) is 35.3 Å². The molecule has 1 aliphatic heterocycles. The molecule has 0 saturated carbocycles. The molecule has 0 amide bonds. The number of carbonyl (C=O) groups excluding carboxylic acids is 1. The zero-order chi connectivity index (χ0) is 9.36. The van der Waals surface area contributed by atoms with Crippen molar-refractivity contribution < 1.29 is 4.79 Å². The lowest BCUT2D eigenvalue weighted by atomic mass is 10.5. The van der Waals surface area contributed by atoms with E-state index in [1.165, 1.54) is 23.0 Å². The standard InChI is InChI=1S/C8H13NOS3/c10-7-9-1-2-11-5-8-6-12-3-4-13-8/h8H,1-6H2. The molecule has 0 aromatic rings. The quantitative estimate of drug-likeness (QED) is 0.413. The van der Waals surface area contributed by atoms with Gasteiger partial charge in [0.25, 0.3) is 0 Å². The van der Waals surface area contributed by atoms with Gasteiger partial charge < -0.3 is 0 Å². The lowest BCUT2D eigenvalue weighted by Crippen LogP contribution is -2.16. The highest BCUT2D eigenvalue weighted by Gasteiger charge is 2.13. The summed E-state index contributed by atoms with van der Waals surface area (Å²) in [6.07, 6.45) is 1.56. The Morgan fingerprint density at radius 3 is 3.15 bits per heavy atom. The minimum atomic E-state index is 0.624. The van der Waals surface area contributed by atoms with Gasteiger partial charge in [-0.15, -0.1) is 0 Å². The fourth-order valence-corrected chi connectivity index (χ4v) is 5.00. The van der Waals surface area contributed by atoms with Crippen LogP contribution in [0.4, 0.5) is 0 Å². The van der Waals surface area contributed by atoms with Crippen LogP contribution in [-0.4, -0.2) is 46.6 Å². The van der Waals surface area contributed by atoms with Crippen LogP contribution in [0.2, 0.25) is 0 Å². The van der Waals surface area contributed by atoms with E-state index in [0.29, 0.717) is 6.54 Å². The normalized spacial score (nSPS) is 22.3. The Labute approximate surface area is 91.7 Å². The molecule has 1 fully saturated rings. The van der Waals surface area contributed by atoms with Gasteiger partial charge in [0, 0.05) is 34.0 Å². The van der Waals surface area contributed by atoms with E-state index in [0.717, 1.165) is 11.0 Å². The number of nitrogens with zero attached hydrogens (tertiary/aromatic N) is 1. The molecule has 1 atom stereocenters. The first-order chi connectivity index (χ1) is 6.43. The molecule has 1 unspecified atom stereocenters. The topological polar surface area (TPSA) is 29.4 Å². The Morgan fingerprint density at radius 1 is 1.54 bits per heavy atom. The summed E-state index contributed by atoms with van der Waals surface area (Å²) in [5.74, 6) is 6.04. The molecule has 1 aliphatic rings. The van der Waals surface area contributed by atoms with Gasteiger partial charge in [-0.25, -0.2) is 9.79 Å². The molecule has 1 saturated heterocycles. The van der Waals surface area contributed by atoms with Gasteiger partial charge in [0.1, 0.15) is 0 Å². The van der Waals surface area contributed by atoms with Crippen molar-refractivity contribution in [2.75, 3.05) is 35.3 Å². The maximum atomic E-state index is 9.76. The van der Waals surface area contributed by atoms with Crippen LogP contribution >= 0.6 is 35.3 Å². The summed E-state index contributed by atoms with van der Waals surface area (Å²) in [5.41, 5.74) is 0. The number of thioether (sulfide) groups is 3. The van der Waals surface area contributed by atoms with Gasteiger partial charge >= 0.3 is 0 Å². The van der Waals surface area contributed by atoms with Crippen molar-refractivity contribution in [3.63, 3.8) is 0 Å². The first kappa shape index (κ1) is 11.5. The minimum absolute atomic E-state index is 0.624. The molecule has 1 heterocycles. The number of hydrogen-bond donors (Lipinski definition) is 0. The van der Waals surface area contributed by atoms with Gasteiger partial charge in [-0.05, 0) is 0 Å². The molecule has 0 spiro atoms. The molecule has 2 nitrogen and oxygen atoms in total. The Bertz CT molecular complexity index is 176. The highest BCUT2D eigenvalue weighted by Crippen LogP contribution is 2.26. The van der Waals surface area contributed by atoms with Gasteiger partial charge in [0.2, 0.25) is 6.08 Å². The van der Waals surface area contributed by atoms with Crippen LogP contribution in [-0.2, 0) is 4.79 Å². The third kappa shape index (κ3) is 5.68. The molecule has 0 aliphatic carbocycles. The molecule has 0 radical (unpaired) electrons. The third-order valence-electron chi connectivity index (χ3n) is 1.60. The maximum absolute atomic E-state index is 9.76. The summed E-state index contributed by atoms with van der Waals surface area (Å²) in [4.78, 5) is 13.3. The van der Waals surface area contributed by atoms with Crippen LogP contribution in [0.25, 0.3) is 0 Å². The Kier molecular flexibility index (Phi) is 6.90. The molecular formula is C8H13NOS3. The molecule has 0 aromatic heterocycles. The number of isocyanates is 1. The number of aliphatic imine (C=N–C) groups is 1. The van der Waals surface area contributed by atoms with Gasteiger partial charge in [0.15, 0.2) is 0 Å². The Hall–Kier alpha value is 0.430. The fourth-order valence-electron chi connectivity index (χ4n) is 1.00. The van der Waals surface area contributed by atoms with E-state index in [4.69, 9.17) is 0 Å². The van der Waals surface area contributed by atoms with Crippen molar-refractivity contribution in [1.82, 2.24) is 0 Å². The van der Waals surface area contributed by atoms with E-state index in [-0.39, 0.29) is 0 Å². The number of rotatable bonds is 5. The van der Waals surface area contributed by atoms with Gasteiger partial charge in [-0.3, -0.25) is 0 Å². The highest BCUT2D eigenvalue weighted by atomic mass is 32.2. The van der Waals surface area contributed by atoms with Gasteiger partial charge in [0.05, 0.1) is 6.54 Å². The second kappa shape index (κ2) is 7.80. The SMILES string of the molecule is O=C=NCCSCC1CSCCS1. The zero-order valence-electron chi connectivity index (χ0n) is 7.40. The van der Waals surface area contributed by atoms with E-state index in [9.17, 15) is 4.79 Å². The van der Waals surface area contributed by atoms with E-state index >= 15 is 0 Å². The molecule has 1 rings (SSSR count). The van der Waals surface area contributed by atoms with Crippen LogP contribution in [0.15, 0.2) is 4.99 Å². The summed E-state index contributed by atoms with van der Waals surface area (Å²) < 4.78 is 0. The molecular weight excluding hydrogens is 222 g/mol. The van der Waals surface area contributed by atoms with E-state index in [1.807, 2.05) is 11.8 Å². The van der Waals surface area contributed by atoms with Crippen LogP contribution in [0.5, 0.6) is 0 Å². The predicted molar refractivity (Wildman–Crippen MR) is 63.9 cm³/mol. The van der Waals surface area contributed by atoms with Crippen LogP contribution in [0, 0.1) is 0 Å². The highest BCUT2D eigenvalue weighted by molar-refractivity contribution is 8.07. The summed E-state index contributed by atoms with van der Waals surface area (Å²) in [6, 6.07) is 0. The van der Waals surface area contributed by atoms with Crippen molar-refractivity contribution in [2.24, 2.45) is 4.99 Å². The smallest absolute Gasteiger partial charge is 0.211 e. The molecule has 0 aromatic carbocycles. The average molecular weight is 235 g/mol.